The monoisotopic (exact) mass is 335 g/mol. The van der Waals surface area contributed by atoms with Crippen LogP contribution in [0.1, 0.15) is 21.5 Å². The van der Waals surface area contributed by atoms with Gasteiger partial charge in [0.2, 0.25) is 0 Å². The van der Waals surface area contributed by atoms with Crippen molar-refractivity contribution < 1.29 is 9.00 Å². The Morgan fingerprint density at radius 3 is 2.59 bits per heavy atom. The highest BCUT2D eigenvalue weighted by Gasteiger charge is 2.06. The van der Waals surface area contributed by atoms with Crippen molar-refractivity contribution in [3.8, 4) is 0 Å². The molecule has 0 radical (unpaired) electrons. The third-order valence-corrected chi connectivity index (χ3v) is 4.12. The van der Waals surface area contributed by atoms with Crippen LogP contribution >= 0.6 is 11.6 Å². The molecule has 0 fully saturated rings. The van der Waals surface area contributed by atoms with Crippen molar-refractivity contribution in [2.24, 2.45) is 0 Å². The highest BCUT2D eigenvalue weighted by atomic mass is 35.5. The van der Waals surface area contributed by atoms with E-state index in [4.69, 9.17) is 11.6 Å². The van der Waals surface area contributed by atoms with E-state index in [1.54, 1.807) is 18.4 Å². The topological polar surface area (TPSA) is 46.2 Å². The molecule has 5 heteroatoms. The minimum atomic E-state index is -0.915. The Morgan fingerprint density at radius 2 is 1.86 bits per heavy atom. The van der Waals surface area contributed by atoms with E-state index in [1.165, 1.54) is 0 Å². The van der Waals surface area contributed by atoms with Gasteiger partial charge in [0.25, 0.3) is 5.91 Å². The second-order valence-electron chi connectivity index (χ2n) is 5.05. The number of hydrogen-bond acceptors (Lipinski definition) is 2. The molecular weight excluding hydrogens is 318 g/mol. The Morgan fingerprint density at radius 1 is 1.14 bits per heavy atom. The van der Waals surface area contributed by atoms with Crippen molar-refractivity contribution in [2.75, 3.05) is 12.8 Å². The van der Waals surface area contributed by atoms with Crippen molar-refractivity contribution in [3.05, 3.63) is 70.2 Å². The molecule has 0 aliphatic carbocycles. The predicted octanol–water partition coefficient (Wildman–Crippen LogP) is 3.19. The summed E-state index contributed by atoms with van der Waals surface area (Å²) in [5, 5.41) is 3.59. The molecule has 0 heterocycles. The summed E-state index contributed by atoms with van der Waals surface area (Å²) < 4.78 is 11.3. The van der Waals surface area contributed by atoms with Gasteiger partial charge in [0.1, 0.15) is 0 Å². The van der Waals surface area contributed by atoms with Crippen LogP contribution in [-0.4, -0.2) is 22.9 Å². The lowest BCUT2D eigenvalue weighted by atomic mass is 10.1. The van der Waals surface area contributed by atoms with Crippen LogP contribution in [0.5, 0.6) is 0 Å². The number of carbonyl (C=O) groups excluding carboxylic acids is 1. The molecule has 1 amide bonds. The van der Waals surface area contributed by atoms with Crippen LogP contribution in [0.15, 0.2) is 48.5 Å². The lowest BCUT2D eigenvalue weighted by molar-refractivity contribution is 0.0954. The normalized spacial score (nSPS) is 11.9. The summed E-state index contributed by atoms with van der Waals surface area (Å²) in [5.74, 6) is 0.342. The van der Waals surface area contributed by atoms with Gasteiger partial charge >= 0.3 is 0 Å². The van der Waals surface area contributed by atoms with Gasteiger partial charge in [0.15, 0.2) is 0 Å². The molecule has 0 bridgehead atoms. The molecule has 0 saturated carbocycles. The number of halogens is 1. The maximum atomic E-state index is 12.1. The van der Waals surface area contributed by atoms with Crippen LogP contribution in [0.4, 0.5) is 0 Å². The van der Waals surface area contributed by atoms with Crippen molar-refractivity contribution in [3.63, 3.8) is 0 Å². The van der Waals surface area contributed by atoms with Gasteiger partial charge in [0, 0.05) is 39.9 Å². The molecule has 116 valence electrons. The van der Waals surface area contributed by atoms with Gasteiger partial charge in [-0.3, -0.25) is 9.00 Å². The summed E-state index contributed by atoms with van der Waals surface area (Å²) in [6, 6.07) is 14.8. The molecular formula is C17H18ClNO2S. The van der Waals surface area contributed by atoms with Crippen LogP contribution in [-0.2, 0) is 23.0 Å². The van der Waals surface area contributed by atoms with Crippen LogP contribution in [0, 0.1) is 0 Å². The maximum Gasteiger partial charge on any atom is 0.251 e. The third kappa shape index (κ3) is 5.28. The van der Waals surface area contributed by atoms with Crippen LogP contribution in [0.3, 0.4) is 0 Å². The number of carbonyl (C=O) groups is 1. The number of nitrogens with one attached hydrogen (secondary N) is 1. The molecule has 2 aromatic carbocycles. The van der Waals surface area contributed by atoms with Crippen molar-refractivity contribution >= 4 is 28.3 Å². The van der Waals surface area contributed by atoms with Crippen molar-refractivity contribution in [1.29, 1.82) is 0 Å². The number of rotatable bonds is 6. The Labute approximate surface area is 138 Å². The van der Waals surface area contributed by atoms with Crippen LogP contribution in [0.25, 0.3) is 0 Å². The first-order valence-electron chi connectivity index (χ1n) is 6.96. The highest BCUT2D eigenvalue weighted by Crippen LogP contribution is 2.11. The molecule has 1 N–H and O–H groups in total. The molecule has 0 saturated heterocycles. The first-order chi connectivity index (χ1) is 10.5. The second-order valence-corrected chi connectivity index (χ2v) is 6.93. The maximum absolute atomic E-state index is 12.1. The lowest BCUT2D eigenvalue weighted by Crippen LogP contribution is -2.25. The summed E-state index contributed by atoms with van der Waals surface area (Å²) in [5.41, 5.74) is 2.58. The summed E-state index contributed by atoms with van der Waals surface area (Å²) in [6.45, 7) is 0.545. The SMILES string of the molecule is CS(=O)Cc1cccc(C(=O)NCCc2cccc(Cl)c2)c1. The standard InChI is InChI=1S/C17H18ClNO2S/c1-22(21)12-14-5-2-6-15(10-14)17(20)19-9-8-13-4-3-7-16(18)11-13/h2-7,10-11H,8-9,12H2,1H3,(H,19,20). The zero-order valence-corrected chi connectivity index (χ0v) is 13.9. The van der Waals surface area contributed by atoms with E-state index in [1.807, 2.05) is 36.4 Å². The number of amides is 1. The fourth-order valence-electron chi connectivity index (χ4n) is 2.15. The smallest absolute Gasteiger partial charge is 0.251 e. The zero-order valence-electron chi connectivity index (χ0n) is 12.3. The Bertz CT molecular complexity index is 688. The van der Waals surface area contributed by atoms with E-state index in [9.17, 15) is 9.00 Å². The van der Waals surface area contributed by atoms with Gasteiger partial charge in [-0.2, -0.15) is 0 Å². The fraction of sp³-hybridized carbons (Fsp3) is 0.235. The summed E-state index contributed by atoms with van der Waals surface area (Å²) in [7, 11) is -0.915. The van der Waals surface area contributed by atoms with Gasteiger partial charge < -0.3 is 5.32 Å². The summed E-state index contributed by atoms with van der Waals surface area (Å²) in [6.07, 6.45) is 2.38. The molecule has 3 nitrogen and oxygen atoms in total. The second kappa shape index (κ2) is 8.11. The summed E-state index contributed by atoms with van der Waals surface area (Å²) in [4.78, 5) is 12.1. The number of benzene rings is 2. The molecule has 0 aromatic heterocycles. The van der Waals surface area contributed by atoms with E-state index >= 15 is 0 Å². The average molecular weight is 336 g/mol. The van der Waals surface area contributed by atoms with Gasteiger partial charge in [-0.15, -0.1) is 0 Å². The minimum absolute atomic E-state index is 0.120. The first-order valence-corrected chi connectivity index (χ1v) is 9.07. The molecule has 2 rings (SSSR count). The summed E-state index contributed by atoms with van der Waals surface area (Å²) >= 11 is 5.93. The average Bonchev–Trinajstić information content (AvgIpc) is 2.47. The predicted molar refractivity (Wildman–Crippen MR) is 91.7 cm³/mol. The van der Waals surface area contributed by atoms with E-state index < -0.39 is 10.8 Å². The molecule has 1 atom stereocenters. The molecule has 22 heavy (non-hydrogen) atoms. The largest absolute Gasteiger partial charge is 0.352 e. The Hall–Kier alpha value is -1.65. The zero-order chi connectivity index (χ0) is 15.9. The van der Waals surface area contributed by atoms with E-state index in [2.05, 4.69) is 5.32 Å². The highest BCUT2D eigenvalue weighted by molar-refractivity contribution is 7.83. The van der Waals surface area contributed by atoms with Gasteiger partial charge in [-0.25, -0.2) is 0 Å². The van der Waals surface area contributed by atoms with E-state index in [0.717, 1.165) is 17.5 Å². The molecule has 1 unspecified atom stereocenters. The van der Waals surface area contributed by atoms with Gasteiger partial charge in [0.05, 0.1) is 0 Å². The lowest BCUT2D eigenvalue weighted by Gasteiger charge is -2.07. The van der Waals surface area contributed by atoms with E-state index in [-0.39, 0.29) is 5.91 Å². The molecule has 0 aliphatic heterocycles. The molecule has 0 aliphatic rings. The quantitative estimate of drug-likeness (QED) is 0.881. The van der Waals surface area contributed by atoms with E-state index in [0.29, 0.717) is 22.9 Å². The van der Waals surface area contributed by atoms with Gasteiger partial charge in [-0.1, -0.05) is 35.9 Å². The third-order valence-electron chi connectivity index (χ3n) is 3.15. The van der Waals surface area contributed by atoms with Crippen molar-refractivity contribution in [2.45, 2.75) is 12.2 Å². The minimum Gasteiger partial charge on any atom is -0.352 e. The fourth-order valence-corrected chi connectivity index (χ4v) is 3.01. The first kappa shape index (κ1) is 16.7. The molecule has 2 aromatic rings. The van der Waals surface area contributed by atoms with Crippen LogP contribution < -0.4 is 5.32 Å². The van der Waals surface area contributed by atoms with Gasteiger partial charge in [-0.05, 0) is 41.8 Å². The number of hydrogen-bond donors (Lipinski definition) is 1. The molecule has 0 spiro atoms. The Balaban J connectivity index is 1.90. The van der Waals surface area contributed by atoms with Crippen molar-refractivity contribution in [1.82, 2.24) is 5.32 Å². The Kier molecular flexibility index (Phi) is 6.16. The van der Waals surface area contributed by atoms with Crippen LogP contribution in [0.2, 0.25) is 5.02 Å².